The number of amides is 3. The fourth-order valence-corrected chi connectivity index (χ4v) is 4.78. The number of carbonyl (C=O) groups excluding carboxylic acids is 3. The number of rotatable bonds is 9. The van der Waals surface area contributed by atoms with Crippen molar-refractivity contribution in [1.82, 2.24) is 5.32 Å². The number of anilines is 2. The van der Waals surface area contributed by atoms with Gasteiger partial charge in [-0.05, 0) is 60.2 Å². The zero-order valence-electron chi connectivity index (χ0n) is 22.9. The van der Waals surface area contributed by atoms with Crippen LogP contribution in [0.5, 0.6) is 0 Å². The zero-order chi connectivity index (χ0) is 33.6. The van der Waals surface area contributed by atoms with Crippen molar-refractivity contribution in [2.75, 3.05) is 16.4 Å². The van der Waals surface area contributed by atoms with Crippen LogP contribution in [0.2, 0.25) is 0 Å². The van der Waals surface area contributed by atoms with Gasteiger partial charge in [-0.3, -0.25) is 14.4 Å². The van der Waals surface area contributed by atoms with Gasteiger partial charge in [0.25, 0.3) is 11.8 Å². The van der Waals surface area contributed by atoms with Gasteiger partial charge < -0.3 is 16.0 Å². The Labute approximate surface area is 269 Å². The first-order chi connectivity index (χ1) is 21.7. The van der Waals surface area contributed by atoms with E-state index in [1.165, 1.54) is 30.3 Å². The first-order valence-electron chi connectivity index (χ1n) is 12.9. The number of hydrogen-bond acceptors (Lipinski definition) is 4. The summed E-state index contributed by atoms with van der Waals surface area (Å²) in [7, 11) is 0. The molecule has 238 valence electrons. The molecular formula is C31H19BrF7N3O3S. The minimum absolute atomic E-state index is 0.0677. The molecule has 3 amide bonds. The van der Waals surface area contributed by atoms with Crippen molar-refractivity contribution in [3.63, 3.8) is 0 Å². The van der Waals surface area contributed by atoms with Crippen molar-refractivity contribution in [2.24, 2.45) is 0 Å². The van der Waals surface area contributed by atoms with Crippen LogP contribution in [0.3, 0.4) is 0 Å². The summed E-state index contributed by atoms with van der Waals surface area (Å²) in [6.45, 7) is 0. The molecule has 0 atom stereocenters. The van der Waals surface area contributed by atoms with Gasteiger partial charge in [0.1, 0.15) is 16.9 Å². The van der Waals surface area contributed by atoms with E-state index in [-0.39, 0.29) is 11.4 Å². The van der Waals surface area contributed by atoms with E-state index < -0.39 is 64.2 Å². The third kappa shape index (κ3) is 8.54. The highest BCUT2D eigenvalue weighted by Gasteiger charge is 2.42. The lowest BCUT2D eigenvalue weighted by Gasteiger charge is -2.14. The lowest BCUT2D eigenvalue weighted by Crippen LogP contribution is -2.30. The van der Waals surface area contributed by atoms with Crippen molar-refractivity contribution in [3.05, 3.63) is 129 Å². The highest BCUT2D eigenvalue weighted by molar-refractivity contribution is 9.10. The normalized spacial score (nSPS) is 11.6. The molecule has 0 saturated carbocycles. The van der Waals surface area contributed by atoms with Gasteiger partial charge in [0.2, 0.25) is 5.91 Å². The first-order valence-corrected chi connectivity index (χ1v) is 14.6. The quantitative estimate of drug-likeness (QED) is 0.0704. The summed E-state index contributed by atoms with van der Waals surface area (Å²) >= 11 is 4.14. The summed E-state index contributed by atoms with van der Waals surface area (Å²) in [4.78, 5) is 38.5. The van der Waals surface area contributed by atoms with Crippen molar-refractivity contribution in [1.29, 1.82) is 0 Å². The molecular weight excluding hydrogens is 707 g/mol. The monoisotopic (exact) mass is 725 g/mol. The second-order valence-corrected chi connectivity index (χ2v) is 11.2. The van der Waals surface area contributed by atoms with E-state index in [2.05, 4.69) is 26.6 Å². The van der Waals surface area contributed by atoms with Gasteiger partial charge in [0.15, 0.2) is 23.3 Å². The number of thioether (sulfide) groups is 1. The van der Waals surface area contributed by atoms with Gasteiger partial charge in [-0.1, -0.05) is 46.3 Å². The lowest BCUT2D eigenvalue weighted by atomic mass is 10.1. The Morgan fingerprint density at radius 2 is 1.35 bits per heavy atom. The molecule has 0 fully saturated rings. The highest BCUT2D eigenvalue weighted by Crippen LogP contribution is 2.38. The molecule has 15 heteroatoms. The molecule has 0 spiro atoms. The fourth-order valence-electron chi connectivity index (χ4n) is 3.82. The summed E-state index contributed by atoms with van der Waals surface area (Å²) in [5, 5.41) is 6.79. The van der Waals surface area contributed by atoms with Gasteiger partial charge in [0, 0.05) is 20.6 Å². The molecule has 3 N–H and O–H groups in total. The number of alkyl halides is 3. The standard InChI is InChI=1S/C31H19BrF7N3O3S/c32-18-8-6-16(7-9-18)14-21(41-29(44)17-4-2-1-3-5-17)30(45)40-19-10-12-20(13-11-19)46-15-22(43)42-28-26(35)24(33)23(31(37,38)39)25(34)27(28)36/h1-14H,15H2,(H,40,45)(H,41,44)(H,42,43)/b21-14-. The van der Waals surface area contributed by atoms with Crippen molar-refractivity contribution < 1.29 is 45.1 Å². The second-order valence-electron chi connectivity index (χ2n) is 9.25. The molecule has 0 bridgehead atoms. The highest BCUT2D eigenvalue weighted by atomic mass is 79.9. The summed E-state index contributed by atoms with van der Waals surface area (Å²) in [5.74, 6) is -13.1. The second kappa shape index (κ2) is 14.6. The Hall–Kier alpha value is -4.63. The van der Waals surface area contributed by atoms with Crippen LogP contribution in [0.15, 0.2) is 93.9 Å². The van der Waals surface area contributed by atoms with E-state index in [0.717, 1.165) is 16.2 Å². The van der Waals surface area contributed by atoms with E-state index in [1.807, 2.05) is 0 Å². The first kappa shape index (κ1) is 34.2. The number of carbonyl (C=O) groups is 3. The van der Waals surface area contributed by atoms with Gasteiger partial charge >= 0.3 is 6.18 Å². The van der Waals surface area contributed by atoms with Crippen LogP contribution in [-0.2, 0) is 15.8 Å². The average Bonchev–Trinajstić information content (AvgIpc) is 3.02. The number of benzene rings is 4. The molecule has 4 aromatic rings. The Morgan fingerprint density at radius 3 is 1.91 bits per heavy atom. The predicted molar refractivity (Wildman–Crippen MR) is 162 cm³/mol. The number of halogens is 8. The minimum Gasteiger partial charge on any atom is -0.321 e. The van der Waals surface area contributed by atoms with Crippen LogP contribution >= 0.6 is 27.7 Å². The molecule has 0 aliphatic heterocycles. The lowest BCUT2D eigenvalue weighted by molar-refractivity contribution is -0.143. The van der Waals surface area contributed by atoms with E-state index in [1.54, 1.807) is 59.9 Å². The third-order valence-corrected chi connectivity index (χ3v) is 7.54. The number of nitrogens with one attached hydrogen (secondary N) is 3. The predicted octanol–water partition coefficient (Wildman–Crippen LogP) is 8.16. The maximum Gasteiger partial charge on any atom is 0.422 e. The molecule has 6 nitrogen and oxygen atoms in total. The topological polar surface area (TPSA) is 87.3 Å². The molecule has 4 rings (SSSR count). The summed E-state index contributed by atoms with van der Waals surface area (Å²) in [6, 6.07) is 21.0. The van der Waals surface area contributed by atoms with E-state index in [9.17, 15) is 45.1 Å². The summed E-state index contributed by atoms with van der Waals surface area (Å²) < 4.78 is 95.0. The SMILES string of the molecule is O=C(CSc1ccc(NC(=O)/C(=C/c2ccc(Br)cc2)NC(=O)c2ccccc2)cc1)Nc1c(F)c(F)c(C(F)(F)F)c(F)c1F. The van der Waals surface area contributed by atoms with E-state index in [4.69, 9.17) is 0 Å². The molecule has 0 aromatic heterocycles. The largest absolute Gasteiger partial charge is 0.422 e. The van der Waals surface area contributed by atoms with Crippen LogP contribution < -0.4 is 16.0 Å². The Bertz CT molecular complexity index is 1770. The average molecular weight is 726 g/mol. The molecule has 0 aliphatic rings. The van der Waals surface area contributed by atoms with Gasteiger partial charge in [-0.15, -0.1) is 11.8 Å². The smallest absolute Gasteiger partial charge is 0.321 e. The van der Waals surface area contributed by atoms with Crippen LogP contribution in [0.4, 0.5) is 42.1 Å². The summed E-state index contributed by atoms with van der Waals surface area (Å²) in [6.07, 6.45) is -4.24. The van der Waals surface area contributed by atoms with Crippen LogP contribution in [-0.4, -0.2) is 23.5 Å². The van der Waals surface area contributed by atoms with Crippen molar-refractivity contribution in [3.8, 4) is 0 Å². The Balaban J connectivity index is 1.42. The third-order valence-electron chi connectivity index (χ3n) is 6.00. The number of hydrogen-bond donors (Lipinski definition) is 3. The Kier molecular flexibility index (Phi) is 10.9. The van der Waals surface area contributed by atoms with Crippen molar-refractivity contribution in [2.45, 2.75) is 11.1 Å². The maximum absolute atomic E-state index is 14.1. The van der Waals surface area contributed by atoms with Gasteiger partial charge in [-0.25, -0.2) is 17.6 Å². The van der Waals surface area contributed by atoms with E-state index in [0.29, 0.717) is 16.0 Å². The fraction of sp³-hybridized carbons (Fsp3) is 0.0645. The van der Waals surface area contributed by atoms with E-state index >= 15 is 0 Å². The maximum atomic E-state index is 14.1. The van der Waals surface area contributed by atoms with Crippen LogP contribution in [0, 0.1) is 23.3 Å². The molecule has 0 saturated heterocycles. The van der Waals surface area contributed by atoms with Crippen molar-refractivity contribution >= 4 is 62.9 Å². The zero-order valence-corrected chi connectivity index (χ0v) is 25.3. The summed E-state index contributed by atoms with van der Waals surface area (Å²) in [5.41, 5.74) is -3.29. The Morgan fingerprint density at radius 1 is 0.761 bits per heavy atom. The van der Waals surface area contributed by atoms with Crippen LogP contribution in [0.25, 0.3) is 6.08 Å². The molecule has 0 heterocycles. The molecule has 46 heavy (non-hydrogen) atoms. The minimum atomic E-state index is -5.71. The molecule has 0 unspecified atom stereocenters. The van der Waals surface area contributed by atoms with Crippen LogP contribution in [0.1, 0.15) is 21.5 Å². The molecule has 0 aliphatic carbocycles. The molecule has 0 radical (unpaired) electrons. The molecule has 4 aromatic carbocycles. The van der Waals surface area contributed by atoms with Gasteiger partial charge in [-0.2, -0.15) is 13.2 Å². The van der Waals surface area contributed by atoms with Gasteiger partial charge in [0.05, 0.1) is 5.75 Å².